The Balaban J connectivity index is 1.97. The lowest BCUT2D eigenvalue weighted by Gasteiger charge is -2.13. The van der Waals surface area contributed by atoms with Crippen LogP contribution in [0, 0.1) is 0 Å². The number of benzene rings is 1. The van der Waals surface area contributed by atoms with Gasteiger partial charge < -0.3 is 10.1 Å². The number of ether oxygens (including phenoxy) is 1. The molecule has 1 heterocycles. The molecule has 0 amide bonds. The van der Waals surface area contributed by atoms with Gasteiger partial charge in [-0.05, 0) is 57.5 Å². The maximum absolute atomic E-state index is 12.1. The highest BCUT2D eigenvalue weighted by Gasteiger charge is 2.19. The standard InChI is InChI=1S/C14H22N2O3S/c1-11(2)19-13-5-7-14(8-6-13)20(17,18)16-10-12-4-3-9-15-12/h5-8,11-12,15-16H,3-4,9-10H2,1-2H3. The van der Waals surface area contributed by atoms with Crippen LogP contribution in [0.3, 0.4) is 0 Å². The minimum absolute atomic E-state index is 0.0732. The molecule has 1 saturated heterocycles. The van der Waals surface area contributed by atoms with Crippen molar-refractivity contribution < 1.29 is 13.2 Å². The Kier molecular flexibility index (Phi) is 5.01. The molecule has 2 N–H and O–H groups in total. The van der Waals surface area contributed by atoms with Gasteiger partial charge in [0, 0.05) is 12.6 Å². The number of nitrogens with one attached hydrogen (secondary N) is 2. The summed E-state index contributed by atoms with van der Waals surface area (Å²) in [6, 6.07) is 6.75. The summed E-state index contributed by atoms with van der Waals surface area (Å²) in [6.45, 7) is 5.27. The highest BCUT2D eigenvalue weighted by atomic mass is 32.2. The summed E-state index contributed by atoms with van der Waals surface area (Å²) >= 11 is 0. The lowest BCUT2D eigenvalue weighted by atomic mass is 10.2. The normalized spacial score (nSPS) is 19.4. The molecular formula is C14H22N2O3S. The van der Waals surface area contributed by atoms with Crippen LogP contribution in [0.4, 0.5) is 0 Å². The van der Waals surface area contributed by atoms with E-state index < -0.39 is 10.0 Å². The predicted octanol–water partition coefficient (Wildman–Crippen LogP) is 1.50. The van der Waals surface area contributed by atoms with Gasteiger partial charge in [0.2, 0.25) is 10.0 Å². The van der Waals surface area contributed by atoms with Gasteiger partial charge in [0.05, 0.1) is 11.0 Å². The first kappa shape index (κ1) is 15.3. The number of rotatable bonds is 6. The maximum atomic E-state index is 12.1. The fourth-order valence-corrected chi connectivity index (χ4v) is 3.28. The summed E-state index contributed by atoms with van der Waals surface area (Å²) in [5.74, 6) is 0.677. The largest absolute Gasteiger partial charge is 0.491 e. The van der Waals surface area contributed by atoms with Gasteiger partial charge in [0.1, 0.15) is 5.75 Å². The molecule has 1 atom stereocenters. The van der Waals surface area contributed by atoms with Crippen LogP contribution >= 0.6 is 0 Å². The van der Waals surface area contributed by atoms with E-state index in [1.165, 1.54) is 0 Å². The van der Waals surface area contributed by atoms with Crippen molar-refractivity contribution in [3.8, 4) is 5.75 Å². The second kappa shape index (κ2) is 6.56. The molecule has 0 saturated carbocycles. The molecule has 1 aliphatic rings. The molecular weight excluding hydrogens is 276 g/mol. The average molecular weight is 298 g/mol. The molecule has 1 unspecified atom stereocenters. The van der Waals surface area contributed by atoms with E-state index in [9.17, 15) is 8.42 Å². The van der Waals surface area contributed by atoms with Crippen LogP contribution in [-0.4, -0.2) is 33.7 Å². The first-order valence-corrected chi connectivity index (χ1v) is 8.45. The van der Waals surface area contributed by atoms with Crippen molar-refractivity contribution in [2.45, 2.75) is 43.7 Å². The Morgan fingerprint density at radius 2 is 2.05 bits per heavy atom. The Bertz CT molecular complexity index is 520. The Labute approximate surface area is 120 Å². The van der Waals surface area contributed by atoms with Gasteiger partial charge in [-0.15, -0.1) is 0 Å². The molecule has 1 aliphatic heterocycles. The van der Waals surface area contributed by atoms with Crippen molar-refractivity contribution in [3.05, 3.63) is 24.3 Å². The topological polar surface area (TPSA) is 67.4 Å². The van der Waals surface area contributed by atoms with Gasteiger partial charge in [0.15, 0.2) is 0 Å². The minimum Gasteiger partial charge on any atom is -0.491 e. The van der Waals surface area contributed by atoms with E-state index in [1.807, 2.05) is 13.8 Å². The zero-order valence-corrected chi connectivity index (χ0v) is 12.7. The molecule has 0 radical (unpaired) electrons. The Morgan fingerprint density at radius 3 is 2.60 bits per heavy atom. The van der Waals surface area contributed by atoms with Crippen LogP contribution in [0.15, 0.2) is 29.2 Å². The van der Waals surface area contributed by atoms with Crippen LogP contribution in [0.2, 0.25) is 0 Å². The van der Waals surface area contributed by atoms with Crippen molar-refractivity contribution in [1.82, 2.24) is 10.0 Å². The van der Waals surface area contributed by atoms with Crippen molar-refractivity contribution in [2.24, 2.45) is 0 Å². The smallest absolute Gasteiger partial charge is 0.240 e. The van der Waals surface area contributed by atoms with Crippen molar-refractivity contribution >= 4 is 10.0 Å². The summed E-state index contributed by atoms with van der Waals surface area (Å²) in [5.41, 5.74) is 0. The highest BCUT2D eigenvalue weighted by Crippen LogP contribution is 2.17. The quantitative estimate of drug-likeness (QED) is 0.835. The highest BCUT2D eigenvalue weighted by molar-refractivity contribution is 7.89. The minimum atomic E-state index is -3.44. The molecule has 0 spiro atoms. The number of hydrogen-bond acceptors (Lipinski definition) is 4. The molecule has 6 heteroatoms. The van der Waals surface area contributed by atoms with E-state index in [2.05, 4.69) is 10.0 Å². The zero-order valence-electron chi connectivity index (χ0n) is 11.9. The molecule has 112 valence electrons. The van der Waals surface area contributed by atoms with Crippen molar-refractivity contribution in [3.63, 3.8) is 0 Å². The second-order valence-corrected chi connectivity index (χ2v) is 7.05. The molecule has 0 aromatic heterocycles. The third-order valence-corrected chi connectivity index (χ3v) is 4.63. The maximum Gasteiger partial charge on any atom is 0.240 e. The number of hydrogen-bond donors (Lipinski definition) is 2. The van der Waals surface area contributed by atoms with Gasteiger partial charge in [-0.25, -0.2) is 13.1 Å². The van der Waals surface area contributed by atoms with Gasteiger partial charge in [0.25, 0.3) is 0 Å². The van der Waals surface area contributed by atoms with Crippen LogP contribution < -0.4 is 14.8 Å². The summed E-state index contributed by atoms with van der Waals surface area (Å²) < 4.78 is 32.4. The van der Waals surface area contributed by atoms with E-state index in [1.54, 1.807) is 24.3 Å². The third-order valence-electron chi connectivity index (χ3n) is 3.19. The molecule has 1 aromatic carbocycles. The van der Waals surface area contributed by atoms with E-state index in [-0.39, 0.29) is 17.0 Å². The molecule has 0 aliphatic carbocycles. The summed E-state index contributed by atoms with van der Waals surface area (Å²) in [7, 11) is -3.44. The summed E-state index contributed by atoms with van der Waals surface area (Å²) in [4.78, 5) is 0.270. The van der Waals surface area contributed by atoms with Gasteiger partial charge in [-0.1, -0.05) is 0 Å². The lowest BCUT2D eigenvalue weighted by molar-refractivity contribution is 0.242. The fourth-order valence-electron chi connectivity index (χ4n) is 2.19. The molecule has 1 aromatic rings. The van der Waals surface area contributed by atoms with Crippen LogP contribution in [-0.2, 0) is 10.0 Å². The number of sulfonamides is 1. The average Bonchev–Trinajstić information content (AvgIpc) is 2.89. The van der Waals surface area contributed by atoms with E-state index in [4.69, 9.17) is 4.74 Å². The van der Waals surface area contributed by atoms with Crippen LogP contribution in [0.5, 0.6) is 5.75 Å². The fraction of sp³-hybridized carbons (Fsp3) is 0.571. The predicted molar refractivity (Wildman–Crippen MR) is 78.4 cm³/mol. The van der Waals surface area contributed by atoms with Gasteiger partial charge in [-0.2, -0.15) is 0 Å². The summed E-state index contributed by atoms with van der Waals surface area (Å²) in [6.07, 6.45) is 2.20. The Morgan fingerprint density at radius 1 is 1.35 bits per heavy atom. The van der Waals surface area contributed by atoms with Crippen molar-refractivity contribution in [1.29, 1.82) is 0 Å². The SMILES string of the molecule is CC(C)Oc1ccc(S(=O)(=O)NCC2CCCN2)cc1. The van der Waals surface area contributed by atoms with Crippen LogP contribution in [0.25, 0.3) is 0 Å². The first-order chi connectivity index (χ1) is 9.47. The van der Waals surface area contributed by atoms with Gasteiger partial charge >= 0.3 is 0 Å². The molecule has 5 nitrogen and oxygen atoms in total. The molecule has 2 rings (SSSR count). The Hall–Kier alpha value is -1.11. The van der Waals surface area contributed by atoms with Crippen molar-refractivity contribution in [2.75, 3.05) is 13.1 Å². The molecule has 1 fully saturated rings. The first-order valence-electron chi connectivity index (χ1n) is 6.97. The lowest BCUT2D eigenvalue weighted by Crippen LogP contribution is -2.37. The van der Waals surface area contributed by atoms with E-state index in [0.717, 1.165) is 19.4 Å². The zero-order chi connectivity index (χ0) is 14.6. The monoisotopic (exact) mass is 298 g/mol. The molecule has 20 heavy (non-hydrogen) atoms. The van der Waals surface area contributed by atoms with Crippen LogP contribution in [0.1, 0.15) is 26.7 Å². The second-order valence-electron chi connectivity index (χ2n) is 5.28. The summed E-state index contributed by atoms with van der Waals surface area (Å²) in [5, 5.41) is 3.26. The molecule has 0 bridgehead atoms. The van der Waals surface area contributed by atoms with Gasteiger partial charge in [-0.3, -0.25) is 0 Å². The van der Waals surface area contributed by atoms with E-state index >= 15 is 0 Å². The third kappa shape index (κ3) is 4.19. The van der Waals surface area contributed by atoms with E-state index in [0.29, 0.717) is 12.3 Å².